The first kappa shape index (κ1) is 16.6. The lowest BCUT2D eigenvalue weighted by Gasteiger charge is -2.10. The summed E-state index contributed by atoms with van der Waals surface area (Å²) in [6.45, 7) is -2.85. The quantitative estimate of drug-likeness (QED) is 0.707. The standard InChI is InChI=1S/C17H15F2N5O/c1-20-17-23-14(13-4-2-3-9-21-13)10-15(24-17)22-11-5-7-12(8-6-11)25-16(18)19/h2-10,16H,1H3,(H2,20,22,23,24). The molecule has 0 aliphatic rings. The summed E-state index contributed by atoms with van der Waals surface area (Å²) in [6.07, 6.45) is 1.69. The first-order chi connectivity index (χ1) is 12.1. The zero-order valence-electron chi connectivity index (χ0n) is 13.3. The van der Waals surface area contributed by atoms with Crippen molar-refractivity contribution in [3.8, 4) is 17.1 Å². The van der Waals surface area contributed by atoms with Crippen molar-refractivity contribution in [3.63, 3.8) is 0 Å². The van der Waals surface area contributed by atoms with Crippen LogP contribution in [-0.2, 0) is 0 Å². The summed E-state index contributed by atoms with van der Waals surface area (Å²) in [5.74, 6) is 1.07. The Morgan fingerprint density at radius 3 is 2.44 bits per heavy atom. The zero-order chi connectivity index (χ0) is 17.6. The van der Waals surface area contributed by atoms with Gasteiger partial charge >= 0.3 is 6.61 Å². The number of benzene rings is 1. The van der Waals surface area contributed by atoms with Crippen molar-refractivity contribution >= 4 is 17.5 Å². The van der Waals surface area contributed by atoms with E-state index in [-0.39, 0.29) is 5.75 Å². The van der Waals surface area contributed by atoms with E-state index in [9.17, 15) is 8.78 Å². The molecule has 0 atom stereocenters. The van der Waals surface area contributed by atoms with Crippen molar-refractivity contribution in [1.29, 1.82) is 0 Å². The number of aromatic nitrogens is 3. The maximum Gasteiger partial charge on any atom is 0.387 e. The predicted octanol–water partition coefficient (Wildman–Crippen LogP) is 3.93. The van der Waals surface area contributed by atoms with Gasteiger partial charge in [0.2, 0.25) is 5.95 Å². The summed E-state index contributed by atoms with van der Waals surface area (Å²) in [4.78, 5) is 13.0. The number of halogens is 2. The molecule has 0 aliphatic heterocycles. The van der Waals surface area contributed by atoms with Crippen molar-refractivity contribution < 1.29 is 13.5 Å². The Bertz CT molecular complexity index is 828. The predicted molar refractivity (Wildman–Crippen MR) is 91.2 cm³/mol. The van der Waals surface area contributed by atoms with E-state index in [2.05, 4.69) is 30.3 Å². The van der Waals surface area contributed by atoms with Crippen LogP contribution in [0.4, 0.5) is 26.2 Å². The minimum atomic E-state index is -2.85. The molecule has 8 heteroatoms. The highest BCUT2D eigenvalue weighted by Crippen LogP contribution is 2.24. The zero-order valence-corrected chi connectivity index (χ0v) is 13.3. The first-order valence-corrected chi connectivity index (χ1v) is 7.44. The molecule has 6 nitrogen and oxygen atoms in total. The lowest BCUT2D eigenvalue weighted by atomic mass is 10.2. The third-order valence-corrected chi connectivity index (χ3v) is 3.23. The number of alkyl halides is 2. The Balaban J connectivity index is 1.84. The summed E-state index contributed by atoms with van der Waals surface area (Å²) in [5, 5.41) is 6.01. The molecule has 0 unspecified atom stereocenters. The maximum atomic E-state index is 12.2. The van der Waals surface area contributed by atoms with E-state index < -0.39 is 6.61 Å². The summed E-state index contributed by atoms with van der Waals surface area (Å²) < 4.78 is 28.7. The second-order valence-corrected chi connectivity index (χ2v) is 4.95. The molecular formula is C17H15F2N5O. The van der Waals surface area contributed by atoms with Crippen LogP contribution in [0.1, 0.15) is 0 Å². The van der Waals surface area contributed by atoms with Gasteiger partial charge < -0.3 is 15.4 Å². The fourth-order valence-corrected chi connectivity index (χ4v) is 2.14. The van der Waals surface area contributed by atoms with Crippen molar-refractivity contribution in [2.75, 3.05) is 17.7 Å². The number of anilines is 3. The minimum Gasteiger partial charge on any atom is -0.435 e. The number of nitrogens with one attached hydrogen (secondary N) is 2. The first-order valence-electron chi connectivity index (χ1n) is 7.44. The molecule has 0 amide bonds. The van der Waals surface area contributed by atoms with E-state index in [1.807, 2.05) is 18.2 Å². The van der Waals surface area contributed by atoms with Gasteiger partial charge in [-0.2, -0.15) is 13.8 Å². The van der Waals surface area contributed by atoms with Gasteiger partial charge in [-0.05, 0) is 36.4 Å². The van der Waals surface area contributed by atoms with Crippen LogP contribution in [0.2, 0.25) is 0 Å². The third kappa shape index (κ3) is 4.37. The van der Waals surface area contributed by atoms with E-state index in [4.69, 9.17) is 0 Å². The van der Waals surface area contributed by atoms with Gasteiger partial charge in [-0.3, -0.25) is 4.98 Å². The summed E-state index contributed by atoms with van der Waals surface area (Å²) >= 11 is 0. The van der Waals surface area contributed by atoms with Crippen LogP contribution >= 0.6 is 0 Å². The number of hydrogen-bond donors (Lipinski definition) is 2. The Hall–Kier alpha value is -3.29. The fraction of sp³-hybridized carbons (Fsp3) is 0.118. The third-order valence-electron chi connectivity index (χ3n) is 3.23. The minimum absolute atomic E-state index is 0.0910. The van der Waals surface area contributed by atoms with Crippen LogP contribution in [0.5, 0.6) is 5.75 Å². The summed E-state index contributed by atoms with van der Waals surface area (Å²) in [7, 11) is 1.72. The Kier molecular flexibility index (Phi) is 4.98. The van der Waals surface area contributed by atoms with E-state index in [1.54, 1.807) is 31.4 Å². The topological polar surface area (TPSA) is 72.0 Å². The van der Waals surface area contributed by atoms with Crippen LogP contribution < -0.4 is 15.4 Å². The van der Waals surface area contributed by atoms with Gasteiger partial charge in [0.15, 0.2) is 0 Å². The monoisotopic (exact) mass is 343 g/mol. The molecule has 0 bridgehead atoms. The molecule has 0 aliphatic carbocycles. The molecule has 0 saturated heterocycles. The molecule has 2 aromatic heterocycles. The van der Waals surface area contributed by atoms with Crippen molar-refractivity contribution in [3.05, 3.63) is 54.7 Å². The molecule has 25 heavy (non-hydrogen) atoms. The normalized spacial score (nSPS) is 10.6. The molecule has 2 heterocycles. The highest BCUT2D eigenvalue weighted by Gasteiger charge is 2.08. The molecule has 128 valence electrons. The molecular weight excluding hydrogens is 328 g/mol. The molecule has 0 fully saturated rings. The number of rotatable bonds is 6. The van der Waals surface area contributed by atoms with Gasteiger partial charge in [-0.25, -0.2) is 4.98 Å². The maximum absolute atomic E-state index is 12.2. The molecule has 0 saturated carbocycles. The highest BCUT2D eigenvalue weighted by atomic mass is 19.3. The molecule has 3 aromatic rings. The average Bonchev–Trinajstić information content (AvgIpc) is 2.63. The smallest absolute Gasteiger partial charge is 0.387 e. The van der Waals surface area contributed by atoms with Crippen LogP contribution in [0.3, 0.4) is 0 Å². The summed E-state index contributed by atoms with van der Waals surface area (Å²) in [5.41, 5.74) is 2.04. The number of pyridine rings is 1. The van der Waals surface area contributed by atoms with E-state index >= 15 is 0 Å². The van der Waals surface area contributed by atoms with Crippen LogP contribution in [0.25, 0.3) is 11.4 Å². The number of nitrogens with zero attached hydrogens (tertiary/aromatic N) is 3. The largest absolute Gasteiger partial charge is 0.435 e. The van der Waals surface area contributed by atoms with Gasteiger partial charge in [0.05, 0.1) is 11.4 Å². The van der Waals surface area contributed by atoms with Crippen molar-refractivity contribution in [1.82, 2.24) is 15.0 Å². The number of ether oxygens (including phenoxy) is 1. The van der Waals surface area contributed by atoms with Gasteiger partial charge in [0.1, 0.15) is 11.6 Å². The molecule has 0 spiro atoms. The lowest BCUT2D eigenvalue weighted by molar-refractivity contribution is -0.0498. The van der Waals surface area contributed by atoms with Crippen LogP contribution in [0.15, 0.2) is 54.7 Å². The Labute approximate surface area is 142 Å². The second-order valence-electron chi connectivity index (χ2n) is 4.95. The Morgan fingerprint density at radius 2 is 1.80 bits per heavy atom. The Morgan fingerprint density at radius 1 is 1.00 bits per heavy atom. The SMILES string of the molecule is CNc1nc(Nc2ccc(OC(F)F)cc2)cc(-c2ccccn2)n1. The van der Waals surface area contributed by atoms with Gasteiger partial charge in [-0.1, -0.05) is 6.07 Å². The average molecular weight is 343 g/mol. The second kappa shape index (κ2) is 7.52. The van der Waals surface area contributed by atoms with Gasteiger partial charge in [0.25, 0.3) is 0 Å². The molecule has 0 radical (unpaired) electrons. The van der Waals surface area contributed by atoms with Gasteiger partial charge in [-0.15, -0.1) is 0 Å². The lowest BCUT2D eigenvalue weighted by Crippen LogP contribution is -2.03. The van der Waals surface area contributed by atoms with E-state index in [0.29, 0.717) is 28.8 Å². The van der Waals surface area contributed by atoms with Crippen molar-refractivity contribution in [2.45, 2.75) is 6.61 Å². The van der Waals surface area contributed by atoms with E-state index in [0.717, 1.165) is 0 Å². The fourth-order valence-electron chi connectivity index (χ4n) is 2.14. The molecule has 3 rings (SSSR count). The van der Waals surface area contributed by atoms with Crippen LogP contribution in [0, 0.1) is 0 Å². The summed E-state index contributed by atoms with van der Waals surface area (Å²) in [6, 6.07) is 13.5. The highest BCUT2D eigenvalue weighted by molar-refractivity contribution is 5.65. The van der Waals surface area contributed by atoms with Crippen molar-refractivity contribution in [2.24, 2.45) is 0 Å². The molecule has 1 aromatic carbocycles. The van der Waals surface area contributed by atoms with E-state index in [1.165, 1.54) is 12.1 Å². The van der Waals surface area contributed by atoms with Crippen LogP contribution in [-0.4, -0.2) is 28.6 Å². The number of hydrogen-bond acceptors (Lipinski definition) is 6. The molecule has 2 N–H and O–H groups in total. The van der Waals surface area contributed by atoms with Gasteiger partial charge in [0, 0.05) is 25.0 Å².